The molecule has 1 nitrogen and oxygen atoms in total. The van der Waals surface area contributed by atoms with Crippen LogP contribution in [0, 0.1) is 29.6 Å². The van der Waals surface area contributed by atoms with E-state index in [1.165, 1.54) is 116 Å². The molecule has 3 rings (SSSR count). The van der Waals surface area contributed by atoms with Crippen LogP contribution in [0.2, 0.25) is 0 Å². The van der Waals surface area contributed by atoms with Crippen molar-refractivity contribution < 1.29 is 4.74 Å². The average Bonchev–Trinajstić information content (AvgIpc) is 2.74. The molecule has 0 saturated heterocycles. The van der Waals surface area contributed by atoms with Crippen molar-refractivity contribution in [2.75, 3.05) is 6.61 Å². The van der Waals surface area contributed by atoms with E-state index in [0.717, 1.165) is 36.2 Å². The van der Waals surface area contributed by atoms with E-state index in [0.29, 0.717) is 6.10 Å². The molecule has 1 heteroatoms. The van der Waals surface area contributed by atoms with Crippen LogP contribution in [0.15, 0.2) is 0 Å². The SMILES string of the molecule is CCC[C@H]1CC[C@H](CCCO[C@H]2CC[C@H]([C@H]3CC[C@H](CCC)CC3)CC2)CC1. The fourth-order valence-electron chi connectivity index (χ4n) is 6.92. The van der Waals surface area contributed by atoms with Crippen LogP contribution in [0.4, 0.5) is 0 Å². The summed E-state index contributed by atoms with van der Waals surface area (Å²) in [6.07, 6.45) is 26.8. The molecule has 3 saturated carbocycles. The molecule has 0 aromatic rings. The van der Waals surface area contributed by atoms with Crippen LogP contribution in [0.5, 0.6) is 0 Å². The van der Waals surface area contributed by atoms with E-state index in [1.54, 1.807) is 0 Å². The van der Waals surface area contributed by atoms with Gasteiger partial charge in [-0.3, -0.25) is 0 Å². The fourth-order valence-corrected chi connectivity index (χ4v) is 6.92. The third-order valence-corrected chi connectivity index (χ3v) is 8.75. The quantitative estimate of drug-likeness (QED) is 0.339. The van der Waals surface area contributed by atoms with Crippen LogP contribution in [-0.2, 0) is 4.74 Å². The smallest absolute Gasteiger partial charge is 0.0575 e. The Morgan fingerprint density at radius 3 is 1.46 bits per heavy atom. The van der Waals surface area contributed by atoms with Gasteiger partial charge in [-0.2, -0.15) is 0 Å². The standard InChI is InChI=1S/C27H50O/c1-3-6-22-9-11-24(12-10-22)8-5-21-28-27-19-17-26(18-20-27)25-15-13-23(7-4-2)14-16-25/h22-27H,3-21H2,1-2H3/t22-,23-,24-,25-,26-,27-. The molecule has 3 aliphatic carbocycles. The molecule has 0 atom stereocenters. The van der Waals surface area contributed by atoms with Gasteiger partial charge in [0.15, 0.2) is 0 Å². The Morgan fingerprint density at radius 1 is 0.536 bits per heavy atom. The van der Waals surface area contributed by atoms with Gasteiger partial charge in [0.2, 0.25) is 0 Å². The predicted octanol–water partition coefficient (Wildman–Crippen LogP) is 8.56. The second-order valence-electron chi connectivity index (χ2n) is 10.8. The Bertz CT molecular complexity index is 381. The van der Waals surface area contributed by atoms with Gasteiger partial charge < -0.3 is 4.74 Å². The van der Waals surface area contributed by atoms with Crippen molar-refractivity contribution in [2.45, 2.75) is 136 Å². The molecule has 0 aliphatic heterocycles. The molecular formula is C27H50O. The molecule has 0 aromatic heterocycles. The fraction of sp³-hybridized carbons (Fsp3) is 1.00. The summed E-state index contributed by atoms with van der Waals surface area (Å²) < 4.78 is 6.32. The molecule has 0 bridgehead atoms. The summed E-state index contributed by atoms with van der Waals surface area (Å²) in [5.41, 5.74) is 0. The Kier molecular flexibility index (Phi) is 10.2. The predicted molar refractivity (Wildman–Crippen MR) is 122 cm³/mol. The summed E-state index contributed by atoms with van der Waals surface area (Å²) in [5.74, 6) is 5.20. The largest absolute Gasteiger partial charge is 0.378 e. The monoisotopic (exact) mass is 390 g/mol. The summed E-state index contributed by atoms with van der Waals surface area (Å²) in [4.78, 5) is 0. The minimum Gasteiger partial charge on any atom is -0.378 e. The normalized spacial score (nSPS) is 37.1. The second-order valence-corrected chi connectivity index (χ2v) is 10.8. The zero-order valence-electron chi connectivity index (χ0n) is 19.3. The van der Waals surface area contributed by atoms with Crippen molar-refractivity contribution in [2.24, 2.45) is 29.6 Å². The molecular weight excluding hydrogens is 340 g/mol. The van der Waals surface area contributed by atoms with Gasteiger partial charge in [-0.1, -0.05) is 78.1 Å². The molecule has 0 heterocycles. The summed E-state index contributed by atoms with van der Waals surface area (Å²) >= 11 is 0. The van der Waals surface area contributed by atoms with Crippen molar-refractivity contribution in [3.63, 3.8) is 0 Å². The first-order valence-electron chi connectivity index (χ1n) is 13.4. The van der Waals surface area contributed by atoms with Gasteiger partial charge in [0.1, 0.15) is 0 Å². The Hall–Kier alpha value is -0.0400. The van der Waals surface area contributed by atoms with Crippen LogP contribution in [-0.4, -0.2) is 12.7 Å². The van der Waals surface area contributed by atoms with E-state index in [2.05, 4.69) is 13.8 Å². The van der Waals surface area contributed by atoms with Gasteiger partial charge in [0.05, 0.1) is 6.10 Å². The van der Waals surface area contributed by atoms with E-state index < -0.39 is 0 Å². The maximum absolute atomic E-state index is 6.32. The first kappa shape index (κ1) is 22.6. The first-order chi connectivity index (χ1) is 13.8. The highest BCUT2D eigenvalue weighted by atomic mass is 16.5. The number of hydrogen-bond acceptors (Lipinski definition) is 1. The lowest BCUT2D eigenvalue weighted by molar-refractivity contribution is 0.00370. The highest BCUT2D eigenvalue weighted by Crippen LogP contribution is 2.41. The minimum atomic E-state index is 0.591. The molecule has 0 amide bonds. The molecule has 3 aliphatic rings. The minimum absolute atomic E-state index is 0.591. The maximum Gasteiger partial charge on any atom is 0.0575 e. The van der Waals surface area contributed by atoms with Gasteiger partial charge in [-0.25, -0.2) is 0 Å². The first-order valence-corrected chi connectivity index (χ1v) is 13.4. The summed E-state index contributed by atoms with van der Waals surface area (Å²) in [5, 5.41) is 0. The van der Waals surface area contributed by atoms with Crippen LogP contribution >= 0.6 is 0 Å². The molecule has 0 N–H and O–H groups in total. The van der Waals surface area contributed by atoms with E-state index in [-0.39, 0.29) is 0 Å². The van der Waals surface area contributed by atoms with Crippen LogP contribution in [0.3, 0.4) is 0 Å². The van der Waals surface area contributed by atoms with Gasteiger partial charge in [0.25, 0.3) is 0 Å². The van der Waals surface area contributed by atoms with Gasteiger partial charge in [-0.05, 0) is 81.0 Å². The molecule has 0 spiro atoms. The molecule has 3 fully saturated rings. The molecule has 28 heavy (non-hydrogen) atoms. The maximum atomic E-state index is 6.32. The van der Waals surface area contributed by atoms with Crippen molar-refractivity contribution in [3.8, 4) is 0 Å². The van der Waals surface area contributed by atoms with E-state index in [9.17, 15) is 0 Å². The van der Waals surface area contributed by atoms with Crippen LogP contribution < -0.4 is 0 Å². The molecule has 0 unspecified atom stereocenters. The summed E-state index contributed by atoms with van der Waals surface area (Å²) in [6.45, 7) is 5.73. The van der Waals surface area contributed by atoms with E-state index >= 15 is 0 Å². The Balaban J connectivity index is 1.21. The zero-order chi connectivity index (χ0) is 19.6. The van der Waals surface area contributed by atoms with Crippen molar-refractivity contribution >= 4 is 0 Å². The Morgan fingerprint density at radius 2 is 0.964 bits per heavy atom. The topological polar surface area (TPSA) is 9.23 Å². The van der Waals surface area contributed by atoms with Gasteiger partial charge in [0, 0.05) is 6.61 Å². The van der Waals surface area contributed by atoms with Crippen LogP contribution in [0.1, 0.15) is 129 Å². The summed E-state index contributed by atoms with van der Waals surface area (Å²) in [6, 6.07) is 0. The molecule has 0 radical (unpaired) electrons. The van der Waals surface area contributed by atoms with Crippen molar-refractivity contribution in [3.05, 3.63) is 0 Å². The second kappa shape index (κ2) is 12.6. The average molecular weight is 391 g/mol. The van der Waals surface area contributed by atoms with Crippen molar-refractivity contribution in [1.82, 2.24) is 0 Å². The van der Waals surface area contributed by atoms with Gasteiger partial charge in [-0.15, -0.1) is 0 Å². The highest BCUT2D eigenvalue weighted by molar-refractivity contribution is 4.82. The molecule has 164 valence electrons. The van der Waals surface area contributed by atoms with E-state index in [4.69, 9.17) is 4.74 Å². The lowest BCUT2D eigenvalue weighted by Gasteiger charge is -2.38. The lowest BCUT2D eigenvalue weighted by atomic mass is 9.70. The number of hydrogen-bond donors (Lipinski definition) is 0. The third-order valence-electron chi connectivity index (χ3n) is 8.75. The summed E-state index contributed by atoms with van der Waals surface area (Å²) in [7, 11) is 0. The van der Waals surface area contributed by atoms with Gasteiger partial charge >= 0.3 is 0 Å². The third kappa shape index (κ3) is 7.33. The lowest BCUT2D eigenvalue weighted by Crippen LogP contribution is -2.28. The van der Waals surface area contributed by atoms with Crippen LogP contribution in [0.25, 0.3) is 0 Å². The highest BCUT2D eigenvalue weighted by Gasteiger charge is 2.31. The molecule has 0 aromatic carbocycles. The Labute approximate surface area is 176 Å². The van der Waals surface area contributed by atoms with E-state index in [1.807, 2.05) is 0 Å². The number of rotatable bonds is 10. The zero-order valence-corrected chi connectivity index (χ0v) is 19.3. The number of ether oxygens (including phenoxy) is 1. The van der Waals surface area contributed by atoms with Crippen molar-refractivity contribution in [1.29, 1.82) is 0 Å².